The van der Waals surface area contributed by atoms with Crippen LogP contribution in [0.2, 0.25) is 0 Å². The number of benzene rings is 1. The highest BCUT2D eigenvalue weighted by Crippen LogP contribution is 2.16. The fourth-order valence-electron chi connectivity index (χ4n) is 2.42. The molecule has 23 heavy (non-hydrogen) atoms. The van der Waals surface area contributed by atoms with Crippen LogP contribution in [0.3, 0.4) is 0 Å². The molecule has 8 heteroatoms. The van der Waals surface area contributed by atoms with Crippen LogP contribution in [0, 0.1) is 0 Å². The van der Waals surface area contributed by atoms with E-state index in [1.54, 1.807) is 18.2 Å². The second-order valence-corrected chi connectivity index (χ2v) is 5.41. The molecule has 0 radical (unpaired) electrons. The molecule has 2 atom stereocenters. The van der Waals surface area contributed by atoms with E-state index in [1.165, 1.54) is 6.92 Å². The van der Waals surface area contributed by atoms with Gasteiger partial charge < -0.3 is 24.8 Å². The normalized spacial score (nSPS) is 18.7. The Bertz CT molecular complexity index is 788. The highest BCUT2D eigenvalue weighted by Gasteiger charge is 2.28. The summed E-state index contributed by atoms with van der Waals surface area (Å²) in [5.41, 5.74) is 1.41. The number of imidazole rings is 1. The summed E-state index contributed by atoms with van der Waals surface area (Å²) >= 11 is 0. The summed E-state index contributed by atoms with van der Waals surface area (Å²) in [5, 5.41) is 2.65. The van der Waals surface area contributed by atoms with Crippen molar-refractivity contribution in [3.63, 3.8) is 0 Å². The Morgan fingerprint density at radius 2 is 2.13 bits per heavy atom. The molecule has 1 aliphatic rings. The number of aromatic amines is 2. The number of H-pyrrole nitrogens is 2. The van der Waals surface area contributed by atoms with Crippen molar-refractivity contribution in [2.24, 2.45) is 0 Å². The number of anilines is 1. The molecule has 2 heterocycles. The van der Waals surface area contributed by atoms with E-state index < -0.39 is 24.1 Å². The number of esters is 1. The molecular weight excluding hydrogens is 302 g/mol. The third-order valence-corrected chi connectivity index (χ3v) is 3.64. The molecule has 0 spiro atoms. The number of rotatable bonds is 4. The molecule has 0 saturated carbocycles. The maximum Gasteiger partial charge on any atom is 0.336 e. The molecule has 1 aromatic carbocycles. The number of ether oxygens (including phenoxy) is 2. The highest BCUT2D eigenvalue weighted by atomic mass is 16.6. The summed E-state index contributed by atoms with van der Waals surface area (Å²) in [5.74, 6) is -0.968. The molecule has 3 rings (SSSR count). The van der Waals surface area contributed by atoms with Gasteiger partial charge in [-0.1, -0.05) is 0 Å². The van der Waals surface area contributed by atoms with E-state index in [-0.39, 0.29) is 5.69 Å². The average molecular weight is 319 g/mol. The number of hydrogen-bond donors (Lipinski definition) is 3. The van der Waals surface area contributed by atoms with Gasteiger partial charge >= 0.3 is 11.7 Å². The summed E-state index contributed by atoms with van der Waals surface area (Å²) in [6.45, 7) is 2.04. The van der Waals surface area contributed by atoms with Gasteiger partial charge in [-0.3, -0.25) is 4.79 Å². The lowest BCUT2D eigenvalue weighted by atomic mass is 10.2. The number of hydrogen-bond acceptors (Lipinski definition) is 5. The van der Waals surface area contributed by atoms with Crippen molar-refractivity contribution in [2.45, 2.75) is 32.0 Å². The molecule has 8 nitrogen and oxygen atoms in total. The van der Waals surface area contributed by atoms with Crippen molar-refractivity contribution in [2.75, 3.05) is 11.9 Å². The first-order valence-electron chi connectivity index (χ1n) is 7.38. The van der Waals surface area contributed by atoms with Gasteiger partial charge in [0, 0.05) is 12.3 Å². The predicted octanol–water partition coefficient (Wildman–Crippen LogP) is 0.905. The number of amides is 1. The lowest BCUT2D eigenvalue weighted by molar-refractivity contribution is -0.162. The Balaban J connectivity index is 1.62. The number of fused-ring (bicyclic) bond motifs is 1. The van der Waals surface area contributed by atoms with Gasteiger partial charge in [0.1, 0.15) is 0 Å². The number of nitrogens with one attached hydrogen (secondary N) is 3. The molecule has 0 bridgehead atoms. The minimum Gasteiger partial charge on any atom is -0.451 e. The van der Waals surface area contributed by atoms with Crippen LogP contribution in [-0.4, -0.2) is 40.7 Å². The Morgan fingerprint density at radius 1 is 1.35 bits per heavy atom. The first-order valence-corrected chi connectivity index (χ1v) is 7.38. The first-order chi connectivity index (χ1) is 11.0. The van der Waals surface area contributed by atoms with Crippen molar-refractivity contribution in [1.82, 2.24) is 9.97 Å². The average Bonchev–Trinajstić information content (AvgIpc) is 3.14. The first kappa shape index (κ1) is 15.3. The molecule has 1 aromatic heterocycles. The van der Waals surface area contributed by atoms with Gasteiger partial charge in [0.25, 0.3) is 5.91 Å². The number of aromatic nitrogens is 2. The van der Waals surface area contributed by atoms with Crippen LogP contribution in [0.15, 0.2) is 23.0 Å². The monoisotopic (exact) mass is 319 g/mol. The van der Waals surface area contributed by atoms with Crippen molar-refractivity contribution in [3.05, 3.63) is 28.7 Å². The number of carbonyl (C=O) groups excluding carboxylic acids is 2. The molecular formula is C15H17N3O5. The Morgan fingerprint density at radius 3 is 2.87 bits per heavy atom. The van der Waals surface area contributed by atoms with Crippen molar-refractivity contribution >= 4 is 28.6 Å². The Kier molecular flexibility index (Phi) is 4.16. The smallest absolute Gasteiger partial charge is 0.336 e. The zero-order chi connectivity index (χ0) is 16.4. The van der Waals surface area contributed by atoms with E-state index in [0.29, 0.717) is 29.7 Å². The van der Waals surface area contributed by atoms with Crippen molar-refractivity contribution in [1.29, 1.82) is 0 Å². The Labute approximate surface area is 131 Å². The van der Waals surface area contributed by atoms with Crippen LogP contribution >= 0.6 is 0 Å². The molecule has 1 aliphatic heterocycles. The minimum atomic E-state index is -0.937. The SMILES string of the molecule is C[C@@H](OC(=O)[C@@H]1CCCO1)C(=O)Nc1ccc2[nH]c(=O)[nH]c2c1. The van der Waals surface area contributed by atoms with Gasteiger partial charge in [0.2, 0.25) is 0 Å². The van der Waals surface area contributed by atoms with E-state index in [9.17, 15) is 14.4 Å². The molecule has 1 fully saturated rings. The topological polar surface area (TPSA) is 113 Å². The van der Waals surface area contributed by atoms with Gasteiger partial charge in [-0.25, -0.2) is 9.59 Å². The molecule has 0 unspecified atom stereocenters. The predicted molar refractivity (Wildman–Crippen MR) is 82.1 cm³/mol. The summed E-state index contributed by atoms with van der Waals surface area (Å²) in [7, 11) is 0. The highest BCUT2D eigenvalue weighted by molar-refractivity contribution is 5.96. The fraction of sp³-hybridized carbons (Fsp3) is 0.400. The van der Waals surface area contributed by atoms with E-state index in [0.717, 1.165) is 6.42 Å². The molecule has 1 saturated heterocycles. The minimum absolute atomic E-state index is 0.317. The van der Waals surface area contributed by atoms with Gasteiger partial charge in [0.15, 0.2) is 12.2 Å². The lowest BCUT2D eigenvalue weighted by Gasteiger charge is -2.16. The molecule has 122 valence electrons. The van der Waals surface area contributed by atoms with Crippen LogP contribution in [0.25, 0.3) is 11.0 Å². The van der Waals surface area contributed by atoms with E-state index in [1.807, 2.05) is 0 Å². The van der Waals surface area contributed by atoms with E-state index in [4.69, 9.17) is 9.47 Å². The fourth-order valence-corrected chi connectivity index (χ4v) is 2.42. The summed E-state index contributed by atoms with van der Waals surface area (Å²) < 4.78 is 10.3. The zero-order valence-electron chi connectivity index (χ0n) is 12.5. The van der Waals surface area contributed by atoms with Crippen LogP contribution in [0.1, 0.15) is 19.8 Å². The standard InChI is InChI=1S/C15H17N3O5/c1-8(23-14(20)12-3-2-6-22-12)13(19)16-9-4-5-10-11(7-9)18-15(21)17-10/h4-5,7-8,12H,2-3,6H2,1H3,(H,16,19)(H2,17,18,21)/t8-,12+/m1/s1. The van der Waals surface area contributed by atoms with Crippen LogP contribution in [-0.2, 0) is 19.1 Å². The second kappa shape index (κ2) is 6.25. The zero-order valence-corrected chi connectivity index (χ0v) is 12.5. The quantitative estimate of drug-likeness (QED) is 0.725. The van der Waals surface area contributed by atoms with E-state index >= 15 is 0 Å². The van der Waals surface area contributed by atoms with Gasteiger partial charge in [-0.2, -0.15) is 0 Å². The van der Waals surface area contributed by atoms with Gasteiger partial charge in [-0.05, 0) is 38.0 Å². The molecule has 2 aromatic rings. The van der Waals surface area contributed by atoms with Gasteiger partial charge in [0.05, 0.1) is 11.0 Å². The molecule has 3 N–H and O–H groups in total. The van der Waals surface area contributed by atoms with Crippen LogP contribution in [0.5, 0.6) is 0 Å². The van der Waals surface area contributed by atoms with Crippen molar-refractivity contribution < 1.29 is 19.1 Å². The summed E-state index contributed by atoms with van der Waals surface area (Å²) in [6.07, 6.45) is -0.0842. The third-order valence-electron chi connectivity index (χ3n) is 3.64. The molecule has 1 amide bonds. The van der Waals surface area contributed by atoms with Crippen LogP contribution in [0.4, 0.5) is 5.69 Å². The summed E-state index contributed by atoms with van der Waals surface area (Å²) in [4.78, 5) is 40.3. The third kappa shape index (κ3) is 3.42. The Hall–Kier alpha value is -2.61. The van der Waals surface area contributed by atoms with Crippen molar-refractivity contribution in [3.8, 4) is 0 Å². The maximum absolute atomic E-state index is 12.1. The van der Waals surface area contributed by atoms with Gasteiger partial charge in [-0.15, -0.1) is 0 Å². The maximum atomic E-state index is 12.1. The van der Waals surface area contributed by atoms with E-state index in [2.05, 4.69) is 15.3 Å². The lowest BCUT2D eigenvalue weighted by Crippen LogP contribution is -2.33. The summed E-state index contributed by atoms with van der Waals surface area (Å²) in [6, 6.07) is 4.95. The van der Waals surface area contributed by atoms with Crippen LogP contribution < -0.4 is 11.0 Å². The largest absolute Gasteiger partial charge is 0.451 e. The second-order valence-electron chi connectivity index (χ2n) is 5.41. The number of carbonyl (C=O) groups is 2. The molecule has 0 aliphatic carbocycles.